The van der Waals surface area contributed by atoms with Crippen LogP contribution in [0.25, 0.3) is 16.5 Å². The summed E-state index contributed by atoms with van der Waals surface area (Å²) in [6.45, 7) is 1.54. The number of carbonyl (C=O) groups is 2. The lowest BCUT2D eigenvalue weighted by atomic mass is 10.1. The Bertz CT molecular complexity index is 1150. The van der Waals surface area contributed by atoms with E-state index in [1.54, 1.807) is 42.2 Å². The predicted molar refractivity (Wildman–Crippen MR) is 109 cm³/mol. The van der Waals surface area contributed by atoms with Crippen molar-refractivity contribution in [3.8, 4) is 5.69 Å². The van der Waals surface area contributed by atoms with E-state index in [9.17, 15) is 9.59 Å². The van der Waals surface area contributed by atoms with Crippen LogP contribution in [-0.2, 0) is 9.53 Å². The average molecular weight is 386 g/mol. The summed E-state index contributed by atoms with van der Waals surface area (Å²) in [7, 11) is 0. The Hall–Kier alpha value is -4.00. The number of carbonyl (C=O) groups excluding carboxylic acids is 2. The summed E-state index contributed by atoms with van der Waals surface area (Å²) in [5.41, 5.74) is 1.78. The van der Waals surface area contributed by atoms with E-state index in [2.05, 4.69) is 15.4 Å². The maximum atomic E-state index is 12.5. The first kappa shape index (κ1) is 18.4. The molecular weight excluding hydrogens is 368 g/mol. The zero-order chi connectivity index (χ0) is 20.2. The van der Waals surface area contributed by atoms with Gasteiger partial charge in [0.1, 0.15) is 12.7 Å². The summed E-state index contributed by atoms with van der Waals surface area (Å²) in [5.74, 6) is -0.968. The van der Waals surface area contributed by atoms with Crippen molar-refractivity contribution in [1.82, 2.24) is 14.8 Å². The molecule has 0 radical (unpaired) electrons. The van der Waals surface area contributed by atoms with E-state index in [4.69, 9.17) is 4.74 Å². The highest BCUT2D eigenvalue weighted by molar-refractivity contribution is 6.04. The molecule has 0 spiro atoms. The Balaban J connectivity index is 1.42. The largest absolute Gasteiger partial charge is 0.449 e. The van der Waals surface area contributed by atoms with E-state index in [0.29, 0.717) is 11.3 Å². The van der Waals surface area contributed by atoms with Gasteiger partial charge in [-0.2, -0.15) is 5.10 Å². The summed E-state index contributed by atoms with van der Waals surface area (Å²) in [5, 5.41) is 8.80. The van der Waals surface area contributed by atoms with Crippen molar-refractivity contribution in [2.75, 3.05) is 5.32 Å². The van der Waals surface area contributed by atoms with Crippen molar-refractivity contribution in [2.45, 2.75) is 13.0 Å². The van der Waals surface area contributed by atoms with E-state index in [0.717, 1.165) is 16.5 Å². The number of hydrogen-bond acceptors (Lipinski definition) is 5. The molecule has 1 aromatic heterocycles. The first-order valence-corrected chi connectivity index (χ1v) is 9.06. The summed E-state index contributed by atoms with van der Waals surface area (Å²) in [6, 6.07) is 20.1. The number of nitrogens with zero attached hydrogens (tertiary/aromatic N) is 3. The number of esters is 1. The number of fused-ring (bicyclic) bond motifs is 1. The fourth-order valence-corrected chi connectivity index (χ4v) is 2.94. The number of aromatic nitrogens is 3. The second-order valence-corrected chi connectivity index (χ2v) is 6.45. The van der Waals surface area contributed by atoms with Gasteiger partial charge in [-0.15, -0.1) is 0 Å². The van der Waals surface area contributed by atoms with Gasteiger partial charge in [-0.1, -0.05) is 36.4 Å². The van der Waals surface area contributed by atoms with Gasteiger partial charge in [0, 0.05) is 11.1 Å². The Morgan fingerprint density at radius 3 is 2.52 bits per heavy atom. The van der Waals surface area contributed by atoms with Crippen molar-refractivity contribution >= 4 is 28.3 Å². The normalized spacial score (nSPS) is 11.8. The van der Waals surface area contributed by atoms with Crippen molar-refractivity contribution < 1.29 is 14.3 Å². The molecule has 29 heavy (non-hydrogen) atoms. The molecule has 0 unspecified atom stereocenters. The molecule has 4 aromatic rings. The third-order valence-corrected chi connectivity index (χ3v) is 4.49. The second-order valence-electron chi connectivity index (χ2n) is 6.45. The van der Waals surface area contributed by atoms with E-state index < -0.39 is 18.0 Å². The van der Waals surface area contributed by atoms with Gasteiger partial charge >= 0.3 is 5.97 Å². The van der Waals surface area contributed by atoms with Gasteiger partial charge in [-0.25, -0.2) is 14.5 Å². The summed E-state index contributed by atoms with van der Waals surface area (Å²) in [4.78, 5) is 28.8. The first-order valence-electron chi connectivity index (χ1n) is 9.06. The molecule has 4 rings (SSSR count). The van der Waals surface area contributed by atoms with E-state index in [1.165, 1.54) is 6.33 Å². The van der Waals surface area contributed by atoms with Gasteiger partial charge in [-0.3, -0.25) is 4.79 Å². The number of amides is 1. The van der Waals surface area contributed by atoms with Crippen LogP contribution in [0.3, 0.4) is 0 Å². The molecule has 0 fully saturated rings. The summed E-state index contributed by atoms with van der Waals surface area (Å²) in [6.07, 6.45) is 2.04. The molecule has 1 atom stereocenters. The lowest BCUT2D eigenvalue weighted by Gasteiger charge is -2.15. The van der Waals surface area contributed by atoms with E-state index in [1.807, 2.05) is 42.5 Å². The fourth-order valence-electron chi connectivity index (χ4n) is 2.94. The van der Waals surface area contributed by atoms with E-state index >= 15 is 0 Å². The second kappa shape index (κ2) is 7.93. The van der Waals surface area contributed by atoms with Crippen LogP contribution in [0.4, 0.5) is 5.69 Å². The standard InChI is InChI=1S/C22H18N4O3/c1-15(21(27)25-20-8-4-6-16-5-2-3-7-19(16)20)29-22(28)17-9-11-18(12-10-17)26-14-23-13-24-26/h2-15H,1H3,(H,25,27)/t15-/m1/s1. The number of anilines is 1. The van der Waals surface area contributed by atoms with Gasteiger partial charge in [-0.05, 0) is 42.6 Å². The van der Waals surface area contributed by atoms with Crippen molar-refractivity contribution in [1.29, 1.82) is 0 Å². The van der Waals surface area contributed by atoms with Crippen LogP contribution in [0.1, 0.15) is 17.3 Å². The SMILES string of the molecule is C[C@@H](OC(=O)c1ccc(-n2cncn2)cc1)C(=O)Nc1cccc2ccccc12. The molecule has 0 aliphatic carbocycles. The molecule has 0 aliphatic heterocycles. The molecular formula is C22H18N4O3. The van der Waals surface area contributed by atoms with Crippen LogP contribution >= 0.6 is 0 Å². The molecule has 0 saturated carbocycles. The van der Waals surface area contributed by atoms with Crippen LogP contribution in [0.2, 0.25) is 0 Å². The van der Waals surface area contributed by atoms with E-state index in [-0.39, 0.29) is 0 Å². The zero-order valence-electron chi connectivity index (χ0n) is 15.6. The Kier molecular flexibility index (Phi) is 5.03. The van der Waals surface area contributed by atoms with Gasteiger partial charge < -0.3 is 10.1 Å². The minimum atomic E-state index is -0.948. The molecule has 1 N–H and O–H groups in total. The lowest BCUT2D eigenvalue weighted by Crippen LogP contribution is -2.30. The highest BCUT2D eigenvalue weighted by Crippen LogP contribution is 2.23. The van der Waals surface area contributed by atoms with Gasteiger partial charge in [0.05, 0.1) is 11.3 Å². The average Bonchev–Trinajstić information content (AvgIpc) is 3.29. The monoisotopic (exact) mass is 386 g/mol. The summed E-state index contributed by atoms with van der Waals surface area (Å²) >= 11 is 0. The molecule has 144 valence electrons. The predicted octanol–water partition coefficient (Wildman–Crippen LogP) is 3.60. The first-order chi connectivity index (χ1) is 14.1. The molecule has 0 aliphatic rings. The number of rotatable bonds is 5. The smallest absolute Gasteiger partial charge is 0.338 e. The number of ether oxygens (including phenoxy) is 1. The highest BCUT2D eigenvalue weighted by atomic mass is 16.5. The molecule has 0 saturated heterocycles. The summed E-state index contributed by atoms with van der Waals surface area (Å²) < 4.78 is 6.91. The topological polar surface area (TPSA) is 86.1 Å². The lowest BCUT2D eigenvalue weighted by molar-refractivity contribution is -0.123. The molecule has 3 aromatic carbocycles. The minimum absolute atomic E-state index is 0.346. The number of hydrogen-bond donors (Lipinski definition) is 1. The third kappa shape index (κ3) is 3.98. The molecule has 0 bridgehead atoms. The van der Waals surface area contributed by atoms with Crippen molar-refractivity contribution in [3.05, 3.63) is 84.9 Å². The van der Waals surface area contributed by atoms with Crippen LogP contribution in [-0.4, -0.2) is 32.7 Å². The van der Waals surface area contributed by atoms with Gasteiger partial charge in [0.2, 0.25) is 0 Å². The quantitative estimate of drug-likeness (QED) is 0.530. The Morgan fingerprint density at radius 2 is 1.76 bits per heavy atom. The molecule has 1 heterocycles. The van der Waals surface area contributed by atoms with Gasteiger partial charge in [0.15, 0.2) is 6.10 Å². The van der Waals surface area contributed by atoms with Gasteiger partial charge in [0.25, 0.3) is 5.91 Å². The Labute approximate surface area is 167 Å². The van der Waals surface area contributed by atoms with Crippen LogP contribution in [0, 0.1) is 0 Å². The molecule has 7 heteroatoms. The maximum absolute atomic E-state index is 12.5. The van der Waals surface area contributed by atoms with Crippen LogP contribution in [0.5, 0.6) is 0 Å². The van der Waals surface area contributed by atoms with Crippen molar-refractivity contribution in [2.24, 2.45) is 0 Å². The zero-order valence-corrected chi connectivity index (χ0v) is 15.6. The van der Waals surface area contributed by atoms with Crippen LogP contribution in [0.15, 0.2) is 79.4 Å². The molecule has 7 nitrogen and oxygen atoms in total. The maximum Gasteiger partial charge on any atom is 0.338 e. The van der Waals surface area contributed by atoms with Crippen molar-refractivity contribution in [3.63, 3.8) is 0 Å². The Morgan fingerprint density at radius 1 is 1.00 bits per heavy atom. The minimum Gasteiger partial charge on any atom is -0.449 e. The number of nitrogens with one attached hydrogen (secondary N) is 1. The highest BCUT2D eigenvalue weighted by Gasteiger charge is 2.19. The fraction of sp³-hybridized carbons (Fsp3) is 0.0909. The van der Waals surface area contributed by atoms with Crippen LogP contribution < -0.4 is 5.32 Å². The third-order valence-electron chi connectivity index (χ3n) is 4.49. The molecule has 1 amide bonds. The number of benzene rings is 3.